The molecule has 1 saturated heterocycles. The van der Waals surface area contributed by atoms with Gasteiger partial charge in [0.15, 0.2) is 0 Å². The molecular weight excluding hydrogens is 352 g/mol. The summed E-state index contributed by atoms with van der Waals surface area (Å²) in [5.74, 6) is 1.44. The van der Waals surface area contributed by atoms with Crippen molar-refractivity contribution < 1.29 is 14.3 Å². The number of carbonyl (C=O) groups excluding carboxylic acids is 1. The molecular formula is C23H36N2O3. The Labute approximate surface area is 169 Å². The molecule has 1 aliphatic heterocycles. The highest BCUT2D eigenvalue weighted by molar-refractivity contribution is 5.73. The Morgan fingerprint density at radius 2 is 2.00 bits per heavy atom. The molecule has 0 radical (unpaired) electrons. The van der Waals surface area contributed by atoms with Crippen LogP contribution in [0.15, 0.2) is 18.2 Å². The van der Waals surface area contributed by atoms with Crippen LogP contribution in [0.25, 0.3) is 0 Å². The summed E-state index contributed by atoms with van der Waals surface area (Å²) in [4.78, 5) is 14.2. The predicted octanol–water partition coefficient (Wildman–Crippen LogP) is 4.06. The van der Waals surface area contributed by atoms with Gasteiger partial charge >= 0.3 is 0 Å². The van der Waals surface area contributed by atoms with Crippen LogP contribution < -0.4 is 10.1 Å². The van der Waals surface area contributed by atoms with Gasteiger partial charge in [-0.25, -0.2) is 0 Å². The van der Waals surface area contributed by atoms with Gasteiger partial charge in [0.2, 0.25) is 5.91 Å². The maximum Gasteiger partial charge on any atom is 0.217 e. The van der Waals surface area contributed by atoms with Crippen molar-refractivity contribution in [2.45, 2.75) is 77.7 Å². The monoisotopic (exact) mass is 388 g/mol. The van der Waals surface area contributed by atoms with E-state index in [4.69, 9.17) is 9.47 Å². The second kappa shape index (κ2) is 9.75. The quantitative estimate of drug-likeness (QED) is 0.765. The molecule has 156 valence electrons. The molecule has 0 spiro atoms. The Bertz CT molecular complexity index is 659. The van der Waals surface area contributed by atoms with Gasteiger partial charge in [-0.05, 0) is 50.0 Å². The maximum absolute atomic E-state index is 11.8. The topological polar surface area (TPSA) is 50.8 Å². The average Bonchev–Trinajstić information content (AvgIpc) is 2.71. The van der Waals surface area contributed by atoms with Crippen molar-refractivity contribution in [1.82, 2.24) is 10.2 Å². The lowest BCUT2D eigenvalue weighted by atomic mass is 9.76. The Kier molecular flexibility index (Phi) is 7.36. The number of hydrogen-bond donors (Lipinski definition) is 1. The first-order chi connectivity index (χ1) is 13.5. The van der Waals surface area contributed by atoms with Gasteiger partial charge in [0.1, 0.15) is 5.75 Å². The number of carbonyl (C=O) groups is 1. The summed E-state index contributed by atoms with van der Waals surface area (Å²) in [5.41, 5.74) is 2.40. The zero-order chi connectivity index (χ0) is 20.1. The largest absolute Gasteiger partial charge is 0.496 e. The van der Waals surface area contributed by atoms with Crippen LogP contribution in [0, 0.1) is 5.92 Å². The number of nitrogens with zero attached hydrogens (tertiary/aromatic N) is 1. The molecule has 2 aliphatic rings. The van der Waals surface area contributed by atoms with Gasteiger partial charge in [-0.3, -0.25) is 9.69 Å². The standard InChI is InChI=1S/C23H36N2O3/c1-5-25(6-2)15-18-13-17(11-12-21(18)27-4)23-14-20(24-16(3)26)19-9-7-8-10-22(19)28-23/h11-13,19-20,22-23H,5-10,14-15H2,1-4H3,(H,24,26)/t19-,20+,22+,23+/m0/s1. The Balaban J connectivity index is 1.83. The minimum atomic E-state index is 0.0255. The second-order valence-corrected chi connectivity index (χ2v) is 8.19. The van der Waals surface area contributed by atoms with Crippen LogP contribution in [0.2, 0.25) is 0 Å². The third kappa shape index (κ3) is 4.87. The summed E-state index contributed by atoms with van der Waals surface area (Å²) in [6.07, 6.45) is 5.82. The van der Waals surface area contributed by atoms with Gasteiger partial charge in [-0.1, -0.05) is 32.8 Å². The van der Waals surface area contributed by atoms with Crippen molar-refractivity contribution in [3.63, 3.8) is 0 Å². The normalized spacial score (nSPS) is 27.3. The first kappa shape index (κ1) is 21.1. The summed E-state index contributed by atoms with van der Waals surface area (Å²) in [7, 11) is 1.73. The van der Waals surface area contributed by atoms with Gasteiger partial charge in [0.25, 0.3) is 0 Å². The highest BCUT2D eigenvalue weighted by Gasteiger charge is 2.40. The van der Waals surface area contributed by atoms with Crippen molar-refractivity contribution in [3.8, 4) is 5.75 Å². The molecule has 1 amide bonds. The Hall–Kier alpha value is -1.59. The van der Waals surface area contributed by atoms with Crippen LogP contribution in [-0.4, -0.2) is 43.2 Å². The summed E-state index contributed by atoms with van der Waals surface area (Å²) >= 11 is 0. The number of rotatable bonds is 7. The van der Waals surface area contributed by atoms with Crippen LogP contribution in [0.4, 0.5) is 0 Å². The molecule has 1 aromatic rings. The first-order valence-electron chi connectivity index (χ1n) is 10.9. The second-order valence-electron chi connectivity index (χ2n) is 8.19. The fourth-order valence-corrected chi connectivity index (χ4v) is 4.88. The number of ether oxygens (including phenoxy) is 2. The molecule has 0 unspecified atom stereocenters. The number of benzene rings is 1. The zero-order valence-electron chi connectivity index (χ0n) is 17.9. The molecule has 0 bridgehead atoms. The lowest BCUT2D eigenvalue weighted by Gasteiger charge is -2.45. The average molecular weight is 389 g/mol. The summed E-state index contributed by atoms with van der Waals surface area (Å²) in [5, 5.41) is 3.22. The lowest BCUT2D eigenvalue weighted by molar-refractivity contribution is -0.131. The van der Waals surface area contributed by atoms with E-state index in [-0.39, 0.29) is 24.2 Å². The molecule has 1 saturated carbocycles. The van der Waals surface area contributed by atoms with E-state index in [2.05, 4.69) is 42.3 Å². The van der Waals surface area contributed by atoms with Crippen molar-refractivity contribution in [2.75, 3.05) is 20.2 Å². The van der Waals surface area contributed by atoms with Gasteiger partial charge in [0.05, 0.1) is 19.3 Å². The molecule has 5 heteroatoms. The molecule has 0 aromatic heterocycles. The smallest absolute Gasteiger partial charge is 0.217 e. The van der Waals surface area contributed by atoms with E-state index in [1.807, 2.05) is 0 Å². The van der Waals surface area contributed by atoms with E-state index in [0.717, 1.165) is 44.6 Å². The molecule has 1 N–H and O–H groups in total. The number of fused-ring (bicyclic) bond motifs is 1. The van der Waals surface area contributed by atoms with E-state index in [1.54, 1.807) is 14.0 Å². The highest BCUT2D eigenvalue weighted by atomic mass is 16.5. The first-order valence-corrected chi connectivity index (χ1v) is 10.9. The summed E-state index contributed by atoms with van der Waals surface area (Å²) < 4.78 is 12.2. The van der Waals surface area contributed by atoms with Crippen molar-refractivity contribution in [2.24, 2.45) is 5.92 Å². The zero-order valence-corrected chi connectivity index (χ0v) is 17.9. The predicted molar refractivity (Wildman–Crippen MR) is 111 cm³/mol. The Morgan fingerprint density at radius 3 is 2.68 bits per heavy atom. The number of hydrogen-bond acceptors (Lipinski definition) is 4. The van der Waals surface area contributed by atoms with Crippen molar-refractivity contribution in [1.29, 1.82) is 0 Å². The molecule has 1 aromatic carbocycles. The van der Waals surface area contributed by atoms with E-state index in [1.165, 1.54) is 24.0 Å². The van der Waals surface area contributed by atoms with E-state index in [9.17, 15) is 4.79 Å². The van der Waals surface area contributed by atoms with Crippen LogP contribution in [0.5, 0.6) is 5.75 Å². The molecule has 3 rings (SSSR count). The van der Waals surface area contributed by atoms with E-state index >= 15 is 0 Å². The third-order valence-electron chi connectivity index (χ3n) is 6.43. The summed E-state index contributed by atoms with van der Waals surface area (Å²) in [6.45, 7) is 8.89. The van der Waals surface area contributed by atoms with Crippen molar-refractivity contribution >= 4 is 5.91 Å². The van der Waals surface area contributed by atoms with Gasteiger partial charge in [-0.2, -0.15) is 0 Å². The molecule has 1 heterocycles. The van der Waals surface area contributed by atoms with Gasteiger partial charge in [0, 0.05) is 31.0 Å². The fraction of sp³-hybridized carbons (Fsp3) is 0.696. The van der Waals surface area contributed by atoms with Gasteiger partial charge < -0.3 is 14.8 Å². The van der Waals surface area contributed by atoms with Crippen LogP contribution in [-0.2, 0) is 16.1 Å². The van der Waals surface area contributed by atoms with E-state index in [0.29, 0.717) is 5.92 Å². The number of methoxy groups -OCH3 is 1. The third-order valence-corrected chi connectivity index (χ3v) is 6.43. The molecule has 1 aliphatic carbocycles. The fourth-order valence-electron chi connectivity index (χ4n) is 4.88. The van der Waals surface area contributed by atoms with Gasteiger partial charge in [-0.15, -0.1) is 0 Å². The molecule has 28 heavy (non-hydrogen) atoms. The minimum Gasteiger partial charge on any atom is -0.496 e. The van der Waals surface area contributed by atoms with Crippen LogP contribution in [0.3, 0.4) is 0 Å². The number of nitrogens with one attached hydrogen (secondary N) is 1. The maximum atomic E-state index is 11.8. The van der Waals surface area contributed by atoms with E-state index < -0.39 is 0 Å². The SMILES string of the molecule is CCN(CC)Cc1cc([C@H]2C[C@@H](NC(C)=O)[C@@H]3CCCC[C@H]3O2)ccc1OC. The highest BCUT2D eigenvalue weighted by Crippen LogP contribution is 2.42. The molecule has 2 fully saturated rings. The lowest BCUT2D eigenvalue weighted by Crippen LogP contribution is -2.50. The van der Waals surface area contributed by atoms with Crippen LogP contribution >= 0.6 is 0 Å². The van der Waals surface area contributed by atoms with Crippen LogP contribution in [0.1, 0.15) is 70.1 Å². The molecule has 5 nitrogen and oxygen atoms in total. The minimum absolute atomic E-state index is 0.0255. The molecule has 4 atom stereocenters. The Morgan fingerprint density at radius 1 is 1.25 bits per heavy atom. The van der Waals surface area contributed by atoms with Crippen molar-refractivity contribution in [3.05, 3.63) is 29.3 Å². The summed E-state index contributed by atoms with van der Waals surface area (Å²) in [6, 6.07) is 6.64. The number of amides is 1.